The van der Waals surface area contributed by atoms with Crippen LogP contribution in [0.25, 0.3) is 0 Å². The molecule has 3 nitrogen and oxygen atoms in total. The zero-order valence-corrected chi connectivity index (χ0v) is 9.46. The van der Waals surface area contributed by atoms with E-state index in [-0.39, 0.29) is 16.2 Å². The summed E-state index contributed by atoms with van der Waals surface area (Å²) in [6, 6.07) is 0. The van der Waals surface area contributed by atoms with Gasteiger partial charge in [0.1, 0.15) is 0 Å². The van der Waals surface area contributed by atoms with Crippen molar-refractivity contribution in [2.45, 2.75) is 4.71 Å². The molecule has 1 fully saturated rings. The monoisotopic (exact) mass is 227 g/mol. The maximum atomic E-state index is 11.0. The maximum absolute atomic E-state index is 11.0. The quantitative estimate of drug-likeness (QED) is 0.544. The van der Waals surface area contributed by atoms with Crippen LogP contribution in [0.2, 0.25) is 0 Å². The minimum atomic E-state index is -2.74. The zero-order valence-electron chi connectivity index (χ0n) is 6.93. The molecule has 0 aromatic heterocycles. The summed E-state index contributed by atoms with van der Waals surface area (Å²) in [5.74, 6) is 0.565. The first kappa shape index (κ1) is 10.7. The highest BCUT2D eigenvalue weighted by atomic mass is 32.2. The van der Waals surface area contributed by atoms with Crippen molar-refractivity contribution in [1.29, 1.82) is 0 Å². The van der Waals surface area contributed by atoms with Crippen LogP contribution >= 0.6 is 24.4 Å². The first-order valence-electron chi connectivity index (χ1n) is 3.70. The molecule has 6 heteroatoms. The van der Waals surface area contributed by atoms with Crippen molar-refractivity contribution < 1.29 is 8.42 Å². The highest BCUT2D eigenvalue weighted by Crippen LogP contribution is 2.18. The van der Waals surface area contributed by atoms with Crippen LogP contribution in [0.1, 0.15) is 0 Å². The first-order valence-corrected chi connectivity index (χ1v) is 7.33. The molecule has 0 N–H and O–H groups in total. The standard InChI is InChI=1S/C6H13NO2S3/c1-11-6(10)7-2-4-12(8,9)5-3-7/h6,10H,2-5H2,1H3. The Kier molecular flexibility index (Phi) is 3.75. The van der Waals surface area contributed by atoms with E-state index in [4.69, 9.17) is 0 Å². The molecule has 0 radical (unpaired) electrons. The van der Waals surface area contributed by atoms with E-state index in [0.29, 0.717) is 13.1 Å². The van der Waals surface area contributed by atoms with Gasteiger partial charge in [-0.2, -0.15) is 0 Å². The Hall–Kier alpha value is 0.610. The summed E-state index contributed by atoms with van der Waals surface area (Å²) in [5, 5.41) is 0. The Bertz CT molecular complexity index is 225. The highest BCUT2D eigenvalue weighted by molar-refractivity contribution is 8.09. The second-order valence-corrected chi connectivity index (χ2v) is 6.81. The smallest absolute Gasteiger partial charge is 0.152 e. The minimum Gasteiger partial charge on any atom is -0.281 e. The van der Waals surface area contributed by atoms with Gasteiger partial charge >= 0.3 is 0 Å². The summed E-state index contributed by atoms with van der Waals surface area (Å²) >= 11 is 5.95. The fourth-order valence-electron chi connectivity index (χ4n) is 1.10. The van der Waals surface area contributed by atoms with E-state index < -0.39 is 9.84 Å². The number of rotatable bonds is 2. The predicted octanol–water partition coefficient (Wildman–Crippen LogP) is 0.293. The molecule has 0 saturated carbocycles. The third-order valence-corrected chi connectivity index (χ3v) is 5.19. The molecule has 12 heavy (non-hydrogen) atoms. The molecule has 0 amide bonds. The number of hydrogen-bond acceptors (Lipinski definition) is 5. The highest BCUT2D eigenvalue weighted by Gasteiger charge is 2.24. The van der Waals surface area contributed by atoms with Crippen LogP contribution in [-0.2, 0) is 9.84 Å². The van der Waals surface area contributed by atoms with Gasteiger partial charge in [0.15, 0.2) is 9.84 Å². The number of sulfone groups is 1. The van der Waals surface area contributed by atoms with Gasteiger partial charge in [-0.3, -0.25) is 4.90 Å². The van der Waals surface area contributed by atoms with Crippen LogP contribution in [0.3, 0.4) is 0 Å². The molecule has 0 spiro atoms. The van der Waals surface area contributed by atoms with Crippen molar-refractivity contribution in [1.82, 2.24) is 4.90 Å². The van der Waals surface area contributed by atoms with E-state index in [1.54, 1.807) is 11.8 Å². The summed E-state index contributed by atoms with van der Waals surface area (Å²) in [4.78, 5) is 2.08. The summed E-state index contributed by atoms with van der Waals surface area (Å²) in [6.07, 6.45) is 1.97. The molecule has 0 bridgehead atoms. The second kappa shape index (κ2) is 4.21. The molecule has 72 valence electrons. The molecular formula is C6H13NO2S3. The number of hydrogen-bond donors (Lipinski definition) is 1. The van der Waals surface area contributed by atoms with Gasteiger partial charge in [-0.15, -0.1) is 24.4 Å². The van der Waals surface area contributed by atoms with Gasteiger partial charge in [-0.05, 0) is 6.26 Å². The largest absolute Gasteiger partial charge is 0.281 e. The van der Waals surface area contributed by atoms with Gasteiger partial charge in [-0.1, -0.05) is 0 Å². The Morgan fingerprint density at radius 3 is 2.33 bits per heavy atom. The predicted molar refractivity (Wildman–Crippen MR) is 56.5 cm³/mol. The molecule has 0 aromatic carbocycles. The lowest BCUT2D eigenvalue weighted by Crippen LogP contribution is -2.42. The molecule has 1 atom stereocenters. The molecule has 1 aliphatic rings. The van der Waals surface area contributed by atoms with Crippen LogP contribution in [-0.4, -0.2) is 48.9 Å². The van der Waals surface area contributed by atoms with Gasteiger partial charge in [0.25, 0.3) is 0 Å². The van der Waals surface area contributed by atoms with Crippen LogP contribution in [0, 0.1) is 0 Å². The lowest BCUT2D eigenvalue weighted by atomic mass is 10.5. The second-order valence-electron chi connectivity index (χ2n) is 2.75. The van der Waals surface area contributed by atoms with Crippen molar-refractivity contribution in [3.8, 4) is 0 Å². The Labute approximate surface area is 83.2 Å². The first-order chi connectivity index (χ1) is 5.55. The van der Waals surface area contributed by atoms with Gasteiger partial charge in [-0.25, -0.2) is 8.42 Å². The van der Waals surface area contributed by atoms with E-state index in [1.807, 2.05) is 6.26 Å². The summed E-state index contributed by atoms with van der Waals surface area (Å²) in [7, 11) is -2.74. The van der Waals surface area contributed by atoms with E-state index in [1.165, 1.54) is 0 Å². The number of thiol groups is 1. The van der Waals surface area contributed by atoms with Gasteiger partial charge in [0.2, 0.25) is 0 Å². The molecule has 1 saturated heterocycles. The fourth-order valence-corrected chi connectivity index (χ4v) is 3.07. The maximum Gasteiger partial charge on any atom is 0.152 e. The average molecular weight is 227 g/mol. The third-order valence-electron chi connectivity index (χ3n) is 1.90. The SMILES string of the molecule is CSC(S)N1CCS(=O)(=O)CC1. The van der Waals surface area contributed by atoms with Gasteiger partial charge in [0, 0.05) is 13.1 Å². The third kappa shape index (κ3) is 2.83. The molecule has 0 aliphatic carbocycles. The molecule has 1 aliphatic heterocycles. The van der Waals surface area contributed by atoms with Crippen molar-refractivity contribution in [3.05, 3.63) is 0 Å². The van der Waals surface area contributed by atoms with Crippen LogP contribution in [0.5, 0.6) is 0 Å². The topological polar surface area (TPSA) is 37.4 Å². The van der Waals surface area contributed by atoms with Crippen molar-refractivity contribution in [2.75, 3.05) is 30.9 Å². The molecule has 1 heterocycles. The average Bonchev–Trinajstić information content (AvgIpc) is 2.03. The van der Waals surface area contributed by atoms with Crippen molar-refractivity contribution in [3.63, 3.8) is 0 Å². The van der Waals surface area contributed by atoms with Crippen molar-refractivity contribution in [2.24, 2.45) is 0 Å². The number of nitrogens with zero attached hydrogens (tertiary/aromatic N) is 1. The molecule has 0 aromatic rings. The normalized spacial score (nSPS) is 26.8. The lowest BCUT2D eigenvalue weighted by Gasteiger charge is -2.30. The fraction of sp³-hybridized carbons (Fsp3) is 1.00. The zero-order chi connectivity index (χ0) is 9.19. The van der Waals surface area contributed by atoms with Crippen LogP contribution in [0.15, 0.2) is 0 Å². The van der Waals surface area contributed by atoms with E-state index in [9.17, 15) is 8.42 Å². The number of thioether (sulfide) groups is 1. The Morgan fingerprint density at radius 1 is 1.42 bits per heavy atom. The summed E-state index contributed by atoms with van der Waals surface area (Å²) in [6.45, 7) is 1.24. The van der Waals surface area contributed by atoms with E-state index in [0.717, 1.165) is 0 Å². The Balaban J connectivity index is 2.46. The molecule has 1 unspecified atom stereocenters. The van der Waals surface area contributed by atoms with Crippen LogP contribution in [0.4, 0.5) is 0 Å². The van der Waals surface area contributed by atoms with E-state index in [2.05, 4.69) is 17.5 Å². The van der Waals surface area contributed by atoms with Crippen LogP contribution < -0.4 is 0 Å². The van der Waals surface area contributed by atoms with Gasteiger partial charge < -0.3 is 0 Å². The lowest BCUT2D eigenvalue weighted by molar-refractivity contribution is 0.330. The minimum absolute atomic E-state index is 0.139. The van der Waals surface area contributed by atoms with Gasteiger partial charge in [0.05, 0.1) is 16.2 Å². The molecule has 1 rings (SSSR count). The van der Waals surface area contributed by atoms with E-state index >= 15 is 0 Å². The Morgan fingerprint density at radius 2 is 1.92 bits per heavy atom. The summed E-state index contributed by atoms with van der Waals surface area (Å²) in [5.41, 5.74) is 0. The van der Waals surface area contributed by atoms with Crippen molar-refractivity contribution >= 4 is 34.2 Å². The molecular weight excluding hydrogens is 214 g/mol. The summed E-state index contributed by atoms with van der Waals surface area (Å²) < 4.78 is 22.2.